The molecule has 0 heterocycles. The second-order valence-corrected chi connectivity index (χ2v) is 6.01. The van der Waals surface area contributed by atoms with Gasteiger partial charge in [0, 0.05) is 10.9 Å². The van der Waals surface area contributed by atoms with Gasteiger partial charge in [0.25, 0.3) is 0 Å². The van der Waals surface area contributed by atoms with Gasteiger partial charge in [-0.05, 0) is 48.7 Å². The summed E-state index contributed by atoms with van der Waals surface area (Å²) in [7, 11) is 0. The largest absolute Gasteiger partial charge is 0.350 e. The Hall–Kier alpha value is -1.75. The van der Waals surface area contributed by atoms with Gasteiger partial charge in [-0.1, -0.05) is 34.1 Å². The van der Waals surface area contributed by atoms with Crippen LogP contribution in [0.4, 0.5) is 8.78 Å². The molecule has 2 rings (SSSR count). The molecule has 1 atom stereocenters. The van der Waals surface area contributed by atoms with Crippen molar-refractivity contribution in [2.24, 2.45) is 0 Å². The highest BCUT2D eigenvalue weighted by atomic mass is 79.9. The molecule has 0 saturated carbocycles. The van der Waals surface area contributed by atoms with Gasteiger partial charge in [0.15, 0.2) is 11.6 Å². The molecule has 2 nitrogen and oxygen atoms in total. The zero-order chi connectivity index (χ0) is 16.1. The Kier molecular flexibility index (Phi) is 5.66. The van der Waals surface area contributed by atoms with Crippen LogP contribution in [0.5, 0.6) is 0 Å². The molecule has 22 heavy (non-hydrogen) atoms. The van der Waals surface area contributed by atoms with E-state index >= 15 is 0 Å². The van der Waals surface area contributed by atoms with E-state index < -0.39 is 11.6 Å². The van der Waals surface area contributed by atoms with Gasteiger partial charge in [0.1, 0.15) is 0 Å². The monoisotopic (exact) mass is 367 g/mol. The lowest BCUT2D eigenvalue weighted by atomic mass is 10.1. The smallest absolute Gasteiger partial charge is 0.220 e. The summed E-state index contributed by atoms with van der Waals surface area (Å²) in [6.45, 7) is 1.74. The molecule has 1 amide bonds. The highest BCUT2D eigenvalue weighted by Gasteiger charge is 2.12. The van der Waals surface area contributed by atoms with Crippen LogP contribution < -0.4 is 5.32 Å². The van der Waals surface area contributed by atoms with E-state index in [1.165, 1.54) is 6.07 Å². The van der Waals surface area contributed by atoms with Gasteiger partial charge in [0.2, 0.25) is 5.91 Å². The number of halogens is 3. The van der Waals surface area contributed by atoms with E-state index in [9.17, 15) is 13.6 Å². The molecule has 0 spiro atoms. The average Bonchev–Trinajstić information content (AvgIpc) is 2.48. The molecule has 2 aromatic rings. The van der Waals surface area contributed by atoms with Crippen molar-refractivity contribution in [3.8, 4) is 0 Å². The average molecular weight is 368 g/mol. The van der Waals surface area contributed by atoms with Crippen LogP contribution in [0.15, 0.2) is 46.9 Å². The topological polar surface area (TPSA) is 29.1 Å². The molecule has 0 saturated heterocycles. The molecule has 1 unspecified atom stereocenters. The lowest BCUT2D eigenvalue weighted by molar-refractivity contribution is -0.121. The Morgan fingerprint density at radius 2 is 1.95 bits per heavy atom. The number of hydrogen-bond acceptors (Lipinski definition) is 1. The van der Waals surface area contributed by atoms with Crippen molar-refractivity contribution in [2.75, 3.05) is 0 Å². The number of aryl methyl sites for hydroxylation is 1. The summed E-state index contributed by atoms with van der Waals surface area (Å²) in [5.74, 6) is -1.93. The predicted molar refractivity (Wildman–Crippen MR) is 85.4 cm³/mol. The summed E-state index contributed by atoms with van der Waals surface area (Å²) >= 11 is 3.39. The van der Waals surface area contributed by atoms with Gasteiger partial charge in [-0.3, -0.25) is 4.79 Å². The van der Waals surface area contributed by atoms with Crippen LogP contribution in [0.1, 0.15) is 30.5 Å². The molecule has 116 valence electrons. The third-order valence-corrected chi connectivity index (χ3v) is 3.84. The van der Waals surface area contributed by atoms with Crippen molar-refractivity contribution in [2.45, 2.75) is 25.8 Å². The highest BCUT2D eigenvalue weighted by molar-refractivity contribution is 9.10. The molecular formula is C17H16BrF2NO. The summed E-state index contributed by atoms with van der Waals surface area (Å²) in [5.41, 5.74) is 1.60. The fraction of sp³-hybridized carbons (Fsp3) is 0.235. The first kappa shape index (κ1) is 16.6. The van der Waals surface area contributed by atoms with Gasteiger partial charge in [-0.2, -0.15) is 0 Å². The van der Waals surface area contributed by atoms with Crippen LogP contribution in [0.3, 0.4) is 0 Å². The number of carbonyl (C=O) groups is 1. The van der Waals surface area contributed by atoms with E-state index in [4.69, 9.17) is 0 Å². The minimum Gasteiger partial charge on any atom is -0.350 e. The minimum atomic E-state index is -0.910. The molecule has 0 fully saturated rings. The van der Waals surface area contributed by atoms with Crippen LogP contribution in [0.25, 0.3) is 0 Å². The number of hydrogen-bond donors (Lipinski definition) is 1. The highest BCUT2D eigenvalue weighted by Crippen LogP contribution is 2.17. The van der Waals surface area contributed by atoms with E-state index in [-0.39, 0.29) is 11.9 Å². The zero-order valence-corrected chi connectivity index (χ0v) is 13.7. The Balaban J connectivity index is 1.89. The van der Waals surface area contributed by atoms with Gasteiger partial charge in [-0.25, -0.2) is 8.78 Å². The fourth-order valence-electron chi connectivity index (χ4n) is 2.13. The summed E-state index contributed by atoms with van der Waals surface area (Å²) in [5, 5.41) is 2.79. The summed E-state index contributed by atoms with van der Waals surface area (Å²) in [6.07, 6.45) is 0.959. The Bertz CT molecular complexity index is 675. The maximum Gasteiger partial charge on any atom is 0.220 e. The second-order valence-electron chi connectivity index (χ2n) is 5.09. The first-order valence-corrected chi connectivity index (χ1v) is 7.74. The molecule has 0 aliphatic carbocycles. The van der Waals surface area contributed by atoms with Crippen LogP contribution in [0.2, 0.25) is 0 Å². The first-order chi connectivity index (χ1) is 10.5. The van der Waals surface area contributed by atoms with Crippen molar-refractivity contribution in [3.05, 3.63) is 69.7 Å². The number of benzene rings is 2. The van der Waals surface area contributed by atoms with Crippen LogP contribution in [0, 0.1) is 11.6 Å². The summed E-state index contributed by atoms with van der Waals surface area (Å²) < 4.78 is 27.1. The number of carbonyl (C=O) groups excluding carboxylic acids is 1. The molecular weight excluding hydrogens is 352 g/mol. The van der Waals surface area contributed by atoms with Crippen molar-refractivity contribution in [1.29, 1.82) is 0 Å². The number of nitrogens with one attached hydrogen (secondary N) is 1. The van der Waals surface area contributed by atoms with E-state index in [2.05, 4.69) is 21.2 Å². The van der Waals surface area contributed by atoms with Crippen molar-refractivity contribution in [1.82, 2.24) is 5.32 Å². The standard InChI is InChI=1S/C17H16BrF2NO/c1-11(13-6-7-15(19)16(20)10-13)21-17(22)8-5-12-3-2-4-14(18)9-12/h2-4,6-7,9-11H,5,8H2,1H3,(H,21,22). The maximum absolute atomic E-state index is 13.2. The minimum absolute atomic E-state index is 0.128. The summed E-state index contributed by atoms with van der Waals surface area (Å²) in [6, 6.07) is 11.0. The Labute approximate surface area is 136 Å². The zero-order valence-electron chi connectivity index (χ0n) is 12.1. The SMILES string of the molecule is CC(NC(=O)CCc1cccc(Br)c1)c1ccc(F)c(F)c1. The van der Waals surface area contributed by atoms with E-state index in [0.29, 0.717) is 18.4 Å². The van der Waals surface area contributed by atoms with Gasteiger partial charge in [0.05, 0.1) is 6.04 Å². The first-order valence-electron chi connectivity index (χ1n) is 6.94. The molecule has 1 N–H and O–H groups in total. The molecule has 0 aliphatic heterocycles. The third-order valence-electron chi connectivity index (χ3n) is 3.35. The molecule has 0 aliphatic rings. The summed E-state index contributed by atoms with van der Waals surface area (Å²) in [4.78, 5) is 11.9. The van der Waals surface area contributed by atoms with E-state index in [1.54, 1.807) is 6.92 Å². The lowest BCUT2D eigenvalue weighted by Crippen LogP contribution is -2.26. The molecule has 2 aromatic carbocycles. The second kappa shape index (κ2) is 7.49. The Morgan fingerprint density at radius 3 is 2.64 bits per heavy atom. The van der Waals surface area contributed by atoms with Crippen LogP contribution in [-0.4, -0.2) is 5.91 Å². The van der Waals surface area contributed by atoms with Gasteiger partial charge >= 0.3 is 0 Å². The van der Waals surface area contributed by atoms with Crippen molar-refractivity contribution in [3.63, 3.8) is 0 Å². The molecule has 0 radical (unpaired) electrons. The molecule has 0 bridgehead atoms. The van der Waals surface area contributed by atoms with Crippen molar-refractivity contribution < 1.29 is 13.6 Å². The fourth-order valence-corrected chi connectivity index (χ4v) is 2.58. The lowest BCUT2D eigenvalue weighted by Gasteiger charge is -2.14. The molecule has 5 heteroatoms. The van der Waals surface area contributed by atoms with Gasteiger partial charge in [-0.15, -0.1) is 0 Å². The predicted octanol–water partition coefficient (Wildman–Crippen LogP) is 4.54. The van der Waals surface area contributed by atoms with E-state index in [1.807, 2.05) is 24.3 Å². The van der Waals surface area contributed by atoms with Crippen LogP contribution >= 0.6 is 15.9 Å². The third kappa shape index (κ3) is 4.63. The Morgan fingerprint density at radius 1 is 1.18 bits per heavy atom. The van der Waals surface area contributed by atoms with Gasteiger partial charge < -0.3 is 5.32 Å². The normalized spacial score (nSPS) is 12.0. The number of rotatable bonds is 5. The van der Waals surface area contributed by atoms with E-state index in [0.717, 1.165) is 22.2 Å². The van der Waals surface area contributed by atoms with Crippen molar-refractivity contribution >= 4 is 21.8 Å². The quantitative estimate of drug-likeness (QED) is 0.825. The molecule has 0 aromatic heterocycles. The van der Waals surface area contributed by atoms with Crippen LogP contribution in [-0.2, 0) is 11.2 Å². The number of amides is 1. The maximum atomic E-state index is 13.2.